The molecule has 1 aromatic rings. The minimum absolute atomic E-state index is 0.0273. The molecule has 0 bridgehead atoms. The first kappa shape index (κ1) is 22.9. The fourth-order valence-corrected chi connectivity index (χ4v) is 2.30. The monoisotopic (exact) mass is 395 g/mol. The highest BCUT2D eigenvalue weighted by atomic mass is 16.6. The predicted molar refractivity (Wildman–Crippen MR) is 99.0 cm³/mol. The van der Waals surface area contributed by atoms with E-state index in [1.165, 1.54) is 18.2 Å². The molecule has 0 aliphatic heterocycles. The molecule has 0 saturated heterocycles. The van der Waals surface area contributed by atoms with E-state index in [1.807, 2.05) is 0 Å². The van der Waals surface area contributed by atoms with Crippen LogP contribution in [0.2, 0.25) is 0 Å². The highest BCUT2D eigenvalue weighted by Gasteiger charge is 2.29. The molecule has 154 valence electrons. The van der Waals surface area contributed by atoms with Crippen LogP contribution in [0, 0.1) is 0 Å². The Labute approximate surface area is 163 Å². The fourth-order valence-electron chi connectivity index (χ4n) is 2.30. The summed E-state index contributed by atoms with van der Waals surface area (Å²) in [5.41, 5.74) is 0.0292. The highest BCUT2D eigenvalue weighted by molar-refractivity contribution is 6.02. The van der Waals surface area contributed by atoms with Gasteiger partial charge in [0.2, 0.25) is 6.04 Å². The third-order valence-corrected chi connectivity index (χ3v) is 3.55. The van der Waals surface area contributed by atoms with E-state index < -0.39 is 35.5 Å². The van der Waals surface area contributed by atoms with Crippen LogP contribution in [0.3, 0.4) is 0 Å². The van der Waals surface area contributed by atoms with E-state index in [4.69, 9.17) is 4.74 Å². The molecule has 0 spiro atoms. The van der Waals surface area contributed by atoms with Gasteiger partial charge in [-0.3, -0.25) is 4.79 Å². The van der Waals surface area contributed by atoms with Gasteiger partial charge in [-0.1, -0.05) is 6.07 Å². The minimum atomic E-state index is -1.49. The van der Waals surface area contributed by atoms with Gasteiger partial charge in [-0.2, -0.15) is 0 Å². The Balaban J connectivity index is 3.13. The topological polar surface area (TPSA) is 128 Å². The zero-order valence-corrected chi connectivity index (χ0v) is 16.5. The van der Waals surface area contributed by atoms with E-state index in [0.29, 0.717) is 5.56 Å². The van der Waals surface area contributed by atoms with Gasteiger partial charge in [0.25, 0.3) is 0 Å². The van der Waals surface area contributed by atoms with Gasteiger partial charge in [-0.15, -0.1) is 0 Å². The van der Waals surface area contributed by atoms with Crippen molar-refractivity contribution in [2.75, 3.05) is 19.5 Å². The molecule has 2 N–H and O–H groups in total. The van der Waals surface area contributed by atoms with Crippen molar-refractivity contribution >= 4 is 29.6 Å². The number of carboxylic acid groups (broad SMARTS) is 1. The van der Waals surface area contributed by atoms with Crippen molar-refractivity contribution in [1.29, 1.82) is 0 Å². The maximum atomic E-state index is 12.0. The second-order valence-corrected chi connectivity index (χ2v) is 6.89. The van der Waals surface area contributed by atoms with E-state index in [2.05, 4.69) is 14.8 Å². The summed E-state index contributed by atoms with van der Waals surface area (Å²) in [6, 6.07) is 2.65. The van der Waals surface area contributed by atoms with Crippen molar-refractivity contribution in [3.8, 4) is 0 Å². The molecule has 0 saturated carbocycles. The lowest BCUT2D eigenvalue weighted by Crippen LogP contribution is -2.39. The Kier molecular flexibility index (Phi) is 7.97. The fraction of sp³-hybridized carbons (Fsp3) is 0.474. The number of methoxy groups -OCH3 is 2. The SMILES string of the molecule is COC(=O)C(Nc1cc(C(=O)O)ccc1CCC(=O)OC(C)(C)C)C(=O)OC. The average Bonchev–Trinajstić information content (AvgIpc) is 2.61. The molecular formula is C19H25NO8. The predicted octanol–water partition coefficient (Wildman–Crippen LogP) is 1.79. The number of anilines is 1. The Morgan fingerprint density at radius 3 is 2.11 bits per heavy atom. The van der Waals surface area contributed by atoms with Crippen LogP contribution in [0.5, 0.6) is 0 Å². The summed E-state index contributed by atoms with van der Waals surface area (Å²) in [5.74, 6) is -3.41. The lowest BCUT2D eigenvalue weighted by atomic mass is 10.0. The van der Waals surface area contributed by atoms with Crippen LogP contribution in [0.4, 0.5) is 5.69 Å². The molecule has 0 unspecified atom stereocenters. The summed E-state index contributed by atoms with van der Waals surface area (Å²) < 4.78 is 14.4. The van der Waals surface area contributed by atoms with E-state index in [9.17, 15) is 24.3 Å². The Morgan fingerprint density at radius 2 is 1.64 bits per heavy atom. The summed E-state index contributed by atoms with van der Waals surface area (Å²) in [4.78, 5) is 47.0. The van der Waals surface area contributed by atoms with Crippen molar-refractivity contribution in [2.45, 2.75) is 45.3 Å². The molecule has 0 amide bonds. The van der Waals surface area contributed by atoms with E-state index in [-0.39, 0.29) is 24.1 Å². The molecule has 0 heterocycles. The van der Waals surface area contributed by atoms with E-state index in [0.717, 1.165) is 14.2 Å². The molecular weight excluding hydrogens is 370 g/mol. The van der Waals surface area contributed by atoms with Gasteiger partial charge in [0, 0.05) is 12.1 Å². The Hall–Kier alpha value is -3.10. The number of rotatable bonds is 8. The van der Waals surface area contributed by atoms with Crippen molar-refractivity contribution in [1.82, 2.24) is 0 Å². The summed E-state index contributed by atoms with van der Waals surface area (Å²) in [7, 11) is 2.22. The van der Waals surface area contributed by atoms with Gasteiger partial charge in [0.05, 0.1) is 19.8 Å². The van der Waals surface area contributed by atoms with Crippen molar-refractivity contribution < 1.29 is 38.5 Å². The highest BCUT2D eigenvalue weighted by Crippen LogP contribution is 2.22. The molecule has 9 heteroatoms. The maximum absolute atomic E-state index is 12.0. The van der Waals surface area contributed by atoms with Gasteiger partial charge in [0.15, 0.2) is 0 Å². The second-order valence-electron chi connectivity index (χ2n) is 6.89. The lowest BCUT2D eigenvalue weighted by Gasteiger charge is -2.20. The van der Waals surface area contributed by atoms with Crippen LogP contribution in [-0.4, -0.2) is 54.8 Å². The number of benzene rings is 1. The number of hydrogen-bond donors (Lipinski definition) is 2. The van der Waals surface area contributed by atoms with E-state index >= 15 is 0 Å². The second kappa shape index (κ2) is 9.72. The van der Waals surface area contributed by atoms with Crippen LogP contribution in [0.25, 0.3) is 0 Å². The molecule has 1 aromatic carbocycles. The number of carbonyl (C=O) groups is 4. The quantitative estimate of drug-likeness (QED) is 0.384. The number of nitrogens with one attached hydrogen (secondary N) is 1. The number of hydrogen-bond acceptors (Lipinski definition) is 8. The number of esters is 3. The summed E-state index contributed by atoms with van der Waals surface area (Å²) in [6.45, 7) is 5.24. The zero-order valence-electron chi connectivity index (χ0n) is 16.5. The van der Waals surface area contributed by atoms with Gasteiger partial charge in [0.1, 0.15) is 5.60 Å². The van der Waals surface area contributed by atoms with Crippen molar-refractivity contribution in [3.63, 3.8) is 0 Å². The molecule has 0 radical (unpaired) electrons. The first-order valence-corrected chi connectivity index (χ1v) is 8.48. The number of aromatic carboxylic acids is 1. The minimum Gasteiger partial charge on any atom is -0.478 e. The number of aryl methyl sites for hydroxylation is 1. The lowest BCUT2D eigenvalue weighted by molar-refractivity contribution is -0.155. The summed E-state index contributed by atoms with van der Waals surface area (Å²) >= 11 is 0. The smallest absolute Gasteiger partial charge is 0.340 e. The zero-order chi connectivity index (χ0) is 21.5. The van der Waals surface area contributed by atoms with Gasteiger partial charge in [-0.25, -0.2) is 14.4 Å². The van der Waals surface area contributed by atoms with Gasteiger partial charge in [-0.05, 0) is 44.9 Å². The third-order valence-electron chi connectivity index (χ3n) is 3.55. The van der Waals surface area contributed by atoms with Crippen LogP contribution >= 0.6 is 0 Å². The molecule has 28 heavy (non-hydrogen) atoms. The van der Waals surface area contributed by atoms with Crippen LogP contribution in [0.15, 0.2) is 18.2 Å². The molecule has 0 aromatic heterocycles. The molecule has 0 aliphatic carbocycles. The molecule has 0 fully saturated rings. The van der Waals surface area contributed by atoms with Crippen molar-refractivity contribution in [2.24, 2.45) is 0 Å². The third kappa shape index (κ3) is 6.90. The first-order valence-electron chi connectivity index (χ1n) is 8.48. The van der Waals surface area contributed by atoms with Gasteiger partial charge >= 0.3 is 23.9 Å². The van der Waals surface area contributed by atoms with Crippen LogP contribution in [0.1, 0.15) is 43.1 Å². The molecule has 9 nitrogen and oxygen atoms in total. The van der Waals surface area contributed by atoms with E-state index in [1.54, 1.807) is 20.8 Å². The largest absolute Gasteiger partial charge is 0.478 e. The van der Waals surface area contributed by atoms with Crippen LogP contribution in [-0.2, 0) is 35.0 Å². The summed E-state index contributed by atoms with van der Waals surface area (Å²) in [6.07, 6.45) is 0.228. The standard InChI is InChI=1S/C19H25NO8/c1-19(2,3)28-14(21)9-8-11-6-7-12(16(22)23)10-13(11)20-15(17(24)26-4)18(25)27-5/h6-7,10,15,20H,8-9H2,1-5H3,(H,22,23). The van der Waals surface area contributed by atoms with Gasteiger partial charge < -0.3 is 24.6 Å². The average molecular weight is 395 g/mol. The molecule has 0 aliphatic rings. The number of carboxylic acids is 1. The number of carbonyl (C=O) groups excluding carboxylic acids is 3. The molecule has 0 atom stereocenters. The Bertz CT molecular complexity index is 735. The summed E-state index contributed by atoms with van der Waals surface area (Å²) in [5, 5.41) is 11.9. The van der Waals surface area contributed by atoms with Crippen LogP contribution < -0.4 is 5.32 Å². The molecule has 1 rings (SSSR count). The Morgan fingerprint density at radius 1 is 1.07 bits per heavy atom. The maximum Gasteiger partial charge on any atom is 0.340 e. The normalized spacial score (nSPS) is 10.9. The number of ether oxygens (including phenoxy) is 3. The van der Waals surface area contributed by atoms with Crippen molar-refractivity contribution in [3.05, 3.63) is 29.3 Å². The first-order chi connectivity index (χ1) is 13.0.